The van der Waals surface area contributed by atoms with Crippen molar-refractivity contribution >= 4 is 38.3 Å². The monoisotopic (exact) mass is 339 g/mol. The Balaban J connectivity index is 1.41. The highest BCUT2D eigenvalue weighted by Crippen LogP contribution is 2.34. The van der Waals surface area contributed by atoms with E-state index >= 15 is 0 Å². The molecule has 2 aromatic carbocycles. The molecular weight excluding hydrogens is 322 g/mol. The second-order valence-corrected chi connectivity index (χ2v) is 6.80. The Bertz CT molecular complexity index is 872. The molecule has 24 heavy (non-hydrogen) atoms. The summed E-state index contributed by atoms with van der Waals surface area (Å²) in [5.41, 5.74) is 1.81. The molecular formula is C18H17N3O2S. The number of anilines is 2. The summed E-state index contributed by atoms with van der Waals surface area (Å²) in [6.07, 6.45) is 0. The highest BCUT2D eigenvalue weighted by Gasteiger charge is 2.34. The minimum absolute atomic E-state index is 0.00625. The number of rotatable bonds is 4. The summed E-state index contributed by atoms with van der Waals surface area (Å²) in [7, 11) is 1.66. The fourth-order valence-electron chi connectivity index (χ4n) is 2.72. The Labute approximate surface area is 143 Å². The van der Waals surface area contributed by atoms with Crippen LogP contribution in [-0.4, -0.2) is 31.1 Å². The quantitative estimate of drug-likeness (QED) is 0.792. The molecule has 1 amide bonds. The van der Waals surface area contributed by atoms with Crippen molar-refractivity contribution in [2.24, 2.45) is 5.92 Å². The van der Waals surface area contributed by atoms with Gasteiger partial charge in [-0.15, -0.1) is 0 Å². The molecule has 3 aromatic rings. The molecule has 1 N–H and O–H groups in total. The minimum Gasteiger partial charge on any atom is -0.497 e. The van der Waals surface area contributed by atoms with Gasteiger partial charge in [0.15, 0.2) is 5.13 Å². The van der Waals surface area contributed by atoms with Gasteiger partial charge in [0.2, 0.25) is 5.91 Å². The van der Waals surface area contributed by atoms with Gasteiger partial charge in [0.1, 0.15) is 5.75 Å². The first-order valence-electron chi connectivity index (χ1n) is 7.78. The molecule has 1 aliphatic rings. The molecule has 0 aliphatic carbocycles. The molecule has 1 aromatic heterocycles. The highest BCUT2D eigenvalue weighted by atomic mass is 32.1. The Morgan fingerprint density at radius 1 is 1.25 bits per heavy atom. The lowest BCUT2D eigenvalue weighted by Gasteiger charge is -2.37. The Morgan fingerprint density at radius 3 is 2.79 bits per heavy atom. The lowest BCUT2D eigenvalue weighted by molar-refractivity contribution is -0.120. The second-order valence-electron chi connectivity index (χ2n) is 5.79. The van der Waals surface area contributed by atoms with E-state index < -0.39 is 0 Å². The van der Waals surface area contributed by atoms with Crippen LogP contribution in [0.4, 0.5) is 10.8 Å². The Morgan fingerprint density at radius 2 is 2.04 bits per heavy atom. The van der Waals surface area contributed by atoms with Crippen LogP contribution in [-0.2, 0) is 4.79 Å². The van der Waals surface area contributed by atoms with E-state index in [1.54, 1.807) is 18.4 Å². The number of amides is 1. The molecule has 2 heterocycles. The number of benzene rings is 2. The SMILES string of the molecule is COc1ccc2nc(N3CC(C(=O)Nc4ccccc4)C3)sc2c1. The zero-order chi connectivity index (χ0) is 16.5. The topological polar surface area (TPSA) is 54.5 Å². The molecule has 5 nitrogen and oxygen atoms in total. The van der Waals surface area contributed by atoms with E-state index in [1.807, 2.05) is 48.5 Å². The predicted octanol–water partition coefficient (Wildman–Crippen LogP) is 3.38. The van der Waals surface area contributed by atoms with Crippen molar-refractivity contribution in [2.75, 3.05) is 30.4 Å². The van der Waals surface area contributed by atoms with Gasteiger partial charge in [0, 0.05) is 18.8 Å². The fraction of sp³-hybridized carbons (Fsp3) is 0.222. The first kappa shape index (κ1) is 15.0. The molecule has 6 heteroatoms. The number of hydrogen-bond acceptors (Lipinski definition) is 5. The van der Waals surface area contributed by atoms with Gasteiger partial charge in [-0.1, -0.05) is 29.5 Å². The molecule has 0 bridgehead atoms. The maximum Gasteiger partial charge on any atom is 0.231 e. The van der Waals surface area contributed by atoms with Crippen LogP contribution in [0.25, 0.3) is 10.2 Å². The molecule has 122 valence electrons. The molecule has 0 unspecified atom stereocenters. The lowest BCUT2D eigenvalue weighted by atomic mass is 10.00. The van der Waals surface area contributed by atoms with E-state index in [1.165, 1.54) is 0 Å². The van der Waals surface area contributed by atoms with Crippen LogP contribution in [0.15, 0.2) is 48.5 Å². The average molecular weight is 339 g/mol. The van der Waals surface area contributed by atoms with E-state index in [9.17, 15) is 4.79 Å². The highest BCUT2D eigenvalue weighted by molar-refractivity contribution is 7.22. The van der Waals surface area contributed by atoms with Crippen LogP contribution in [0.3, 0.4) is 0 Å². The largest absolute Gasteiger partial charge is 0.497 e. The van der Waals surface area contributed by atoms with Gasteiger partial charge in [-0.2, -0.15) is 0 Å². The summed E-state index contributed by atoms with van der Waals surface area (Å²) in [6.45, 7) is 1.41. The van der Waals surface area contributed by atoms with E-state index in [0.717, 1.165) is 26.8 Å². The molecule has 0 spiro atoms. The minimum atomic E-state index is 0.00625. The number of fused-ring (bicyclic) bond motifs is 1. The number of aromatic nitrogens is 1. The zero-order valence-electron chi connectivity index (χ0n) is 13.2. The number of thiazole rings is 1. The zero-order valence-corrected chi connectivity index (χ0v) is 14.0. The van der Waals surface area contributed by atoms with Gasteiger partial charge in [0.25, 0.3) is 0 Å². The standard InChI is InChI=1S/C18H17N3O2S/c1-23-14-7-8-15-16(9-14)24-18(20-15)21-10-12(11-21)17(22)19-13-5-3-2-4-6-13/h2-9,12H,10-11H2,1H3,(H,19,22). The third-order valence-corrected chi connectivity index (χ3v) is 5.23. The van der Waals surface area contributed by atoms with Crippen LogP contribution < -0.4 is 15.0 Å². The van der Waals surface area contributed by atoms with Crippen molar-refractivity contribution in [2.45, 2.75) is 0 Å². The van der Waals surface area contributed by atoms with Gasteiger partial charge >= 0.3 is 0 Å². The molecule has 0 saturated carbocycles. The third-order valence-electron chi connectivity index (χ3n) is 4.15. The van der Waals surface area contributed by atoms with E-state index in [2.05, 4.69) is 15.2 Å². The van der Waals surface area contributed by atoms with Gasteiger partial charge in [-0.05, 0) is 30.3 Å². The van der Waals surface area contributed by atoms with Crippen LogP contribution in [0, 0.1) is 5.92 Å². The number of methoxy groups -OCH3 is 1. The molecule has 1 saturated heterocycles. The lowest BCUT2D eigenvalue weighted by Crippen LogP contribution is -2.52. The summed E-state index contributed by atoms with van der Waals surface area (Å²) < 4.78 is 6.35. The van der Waals surface area contributed by atoms with Crippen molar-refractivity contribution in [3.8, 4) is 5.75 Å². The molecule has 1 fully saturated rings. The number of carbonyl (C=O) groups is 1. The number of para-hydroxylation sites is 1. The Kier molecular flexibility index (Phi) is 3.82. The Hall–Kier alpha value is -2.60. The van der Waals surface area contributed by atoms with Crippen molar-refractivity contribution in [3.05, 3.63) is 48.5 Å². The normalized spacial score (nSPS) is 14.5. The first-order valence-corrected chi connectivity index (χ1v) is 8.60. The second kappa shape index (κ2) is 6.13. The number of nitrogens with one attached hydrogen (secondary N) is 1. The molecule has 1 aliphatic heterocycles. The van der Waals surface area contributed by atoms with E-state index in [4.69, 9.17) is 4.74 Å². The molecule has 4 rings (SSSR count). The maximum atomic E-state index is 12.3. The maximum absolute atomic E-state index is 12.3. The van der Waals surface area contributed by atoms with Crippen LogP contribution in [0.1, 0.15) is 0 Å². The van der Waals surface area contributed by atoms with Gasteiger partial charge in [0.05, 0.1) is 23.2 Å². The van der Waals surface area contributed by atoms with Crippen molar-refractivity contribution in [1.29, 1.82) is 0 Å². The summed E-state index contributed by atoms with van der Waals surface area (Å²) in [6, 6.07) is 15.4. The van der Waals surface area contributed by atoms with Crippen molar-refractivity contribution in [3.63, 3.8) is 0 Å². The van der Waals surface area contributed by atoms with Gasteiger partial charge in [-0.3, -0.25) is 4.79 Å². The first-order chi connectivity index (χ1) is 11.7. The fourth-order valence-corrected chi connectivity index (χ4v) is 3.73. The van der Waals surface area contributed by atoms with Crippen LogP contribution in [0.5, 0.6) is 5.75 Å². The summed E-state index contributed by atoms with van der Waals surface area (Å²) in [5, 5.41) is 3.92. The third kappa shape index (κ3) is 2.80. The smallest absolute Gasteiger partial charge is 0.231 e. The molecule has 0 radical (unpaired) electrons. The van der Waals surface area contributed by atoms with E-state index in [0.29, 0.717) is 13.1 Å². The van der Waals surface area contributed by atoms with Crippen LogP contribution in [0.2, 0.25) is 0 Å². The van der Waals surface area contributed by atoms with Crippen molar-refractivity contribution < 1.29 is 9.53 Å². The van der Waals surface area contributed by atoms with Crippen LogP contribution >= 0.6 is 11.3 Å². The number of hydrogen-bond donors (Lipinski definition) is 1. The number of ether oxygens (including phenoxy) is 1. The van der Waals surface area contributed by atoms with E-state index in [-0.39, 0.29) is 11.8 Å². The number of carbonyl (C=O) groups excluding carboxylic acids is 1. The van der Waals surface area contributed by atoms with Crippen molar-refractivity contribution in [1.82, 2.24) is 4.98 Å². The summed E-state index contributed by atoms with van der Waals surface area (Å²) >= 11 is 1.63. The van der Waals surface area contributed by atoms with Gasteiger partial charge in [-0.25, -0.2) is 4.98 Å². The summed E-state index contributed by atoms with van der Waals surface area (Å²) in [5.74, 6) is 0.911. The predicted molar refractivity (Wildman–Crippen MR) is 96.9 cm³/mol. The number of nitrogens with zero attached hydrogens (tertiary/aromatic N) is 2. The average Bonchev–Trinajstić information content (AvgIpc) is 2.96. The molecule has 0 atom stereocenters. The summed E-state index contributed by atoms with van der Waals surface area (Å²) in [4.78, 5) is 19.0. The van der Waals surface area contributed by atoms with Gasteiger partial charge < -0.3 is 15.0 Å².